The Labute approximate surface area is 313 Å². The van der Waals surface area contributed by atoms with E-state index in [1.165, 1.54) is 18.9 Å². The number of aldehydes is 1. The van der Waals surface area contributed by atoms with Gasteiger partial charge in [-0.05, 0) is 115 Å². The van der Waals surface area contributed by atoms with Crippen molar-refractivity contribution in [2.75, 3.05) is 65.7 Å². The normalized spacial score (nSPS) is 16.5. The van der Waals surface area contributed by atoms with Gasteiger partial charge >= 0.3 is 34.4 Å². The fourth-order valence-electron chi connectivity index (χ4n) is 6.36. The molecule has 3 heterocycles. The van der Waals surface area contributed by atoms with Crippen molar-refractivity contribution >= 4 is 18.2 Å². The maximum absolute atomic E-state index is 11.7. The first-order chi connectivity index (χ1) is 25.2. The molecule has 2 aromatic carbocycles. The SMILES string of the molecule is C1CCOC1.CCOC(=O)C1CCN(CCc2cccc(O)c2C=O)CC1.CCOC(=O)C1CCN(CCc2cccc(O)c2CO)CC1.[O]=[Mn]=[O]. The van der Waals surface area contributed by atoms with Gasteiger partial charge < -0.3 is 39.3 Å². The number of rotatable bonds is 12. The van der Waals surface area contributed by atoms with E-state index in [2.05, 4.69) is 9.80 Å². The number of phenolic OH excluding ortho intramolecular Hbond substituents is 1. The van der Waals surface area contributed by atoms with Crippen LogP contribution in [-0.2, 0) is 65.7 Å². The molecule has 0 atom stereocenters. The van der Waals surface area contributed by atoms with Crippen molar-refractivity contribution in [3.63, 3.8) is 0 Å². The van der Waals surface area contributed by atoms with E-state index in [1.807, 2.05) is 26.0 Å². The quantitative estimate of drug-likeness (QED) is 0.158. The number of nitrogens with zero attached hydrogens (tertiary/aromatic N) is 2. The van der Waals surface area contributed by atoms with Crippen LogP contribution in [0.1, 0.15) is 79.4 Å². The van der Waals surface area contributed by atoms with Crippen LogP contribution in [0.2, 0.25) is 0 Å². The predicted molar refractivity (Wildman–Crippen MR) is 188 cm³/mol. The van der Waals surface area contributed by atoms with E-state index in [0.29, 0.717) is 37.0 Å². The number of piperidine rings is 2. The fourth-order valence-corrected chi connectivity index (χ4v) is 6.36. The van der Waals surface area contributed by atoms with E-state index in [1.54, 1.807) is 18.2 Å². The summed E-state index contributed by atoms with van der Waals surface area (Å²) in [6, 6.07) is 10.5. The Bertz CT molecular complexity index is 1380. The molecule has 3 N–H and O–H groups in total. The van der Waals surface area contributed by atoms with Crippen LogP contribution in [0.4, 0.5) is 0 Å². The molecule has 0 amide bonds. The number of aliphatic hydroxyl groups excluding tert-OH is 1. The number of phenols is 2. The van der Waals surface area contributed by atoms with Crippen molar-refractivity contribution in [2.45, 2.75) is 71.8 Å². The third kappa shape index (κ3) is 16.1. The van der Waals surface area contributed by atoms with Crippen LogP contribution >= 0.6 is 0 Å². The van der Waals surface area contributed by atoms with Crippen LogP contribution in [0.3, 0.4) is 0 Å². The summed E-state index contributed by atoms with van der Waals surface area (Å²) < 4.78 is 31.9. The summed E-state index contributed by atoms with van der Waals surface area (Å²) in [5.41, 5.74) is 2.84. The van der Waals surface area contributed by atoms with Gasteiger partial charge in [0.05, 0.1) is 37.2 Å². The average molecular weight is 772 g/mol. The van der Waals surface area contributed by atoms with Gasteiger partial charge in [-0.15, -0.1) is 0 Å². The van der Waals surface area contributed by atoms with Gasteiger partial charge in [-0.25, -0.2) is 0 Å². The van der Waals surface area contributed by atoms with Crippen molar-refractivity contribution < 1.29 is 66.4 Å². The summed E-state index contributed by atoms with van der Waals surface area (Å²) in [4.78, 5) is 39.1. The molecule has 13 nitrogen and oxygen atoms in total. The molecule has 0 radical (unpaired) electrons. The number of likely N-dealkylation sites (tertiary alicyclic amines) is 2. The van der Waals surface area contributed by atoms with Gasteiger partial charge in [0, 0.05) is 31.9 Å². The molecule has 0 aromatic heterocycles. The van der Waals surface area contributed by atoms with Gasteiger partial charge in [0.1, 0.15) is 11.5 Å². The van der Waals surface area contributed by atoms with Crippen LogP contribution in [0.25, 0.3) is 0 Å². The number of carbonyl (C=O) groups is 3. The number of aliphatic hydroxyl groups is 1. The van der Waals surface area contributed by atoms with Gasteiger partial charge in [-0.1, -0.05) is 24.3 Å². The third-order valence-corrected chi connectivity index (χ3v) is 9.33. The zero-order valence-electron chi connectivity index (χ0n) is 30.5. The first kappa shape index (κ1) is 44.8. The molecule has 0 unspecified atom stereocenters. The van der Waals surface area contributed by atoms with Crippen LogP contribution in [-0.4, -0.2) is 109 Å². The summed E-state index contributed by atoms with van der Waals surface area (Å²) in [5.74, 6) is 0.0816. The summed E-state index contributed by atoms with van der Waals surface area (Å²) in [5, 5.41) is 28.8. The van der Waals surface area contributed by atoms with E-state index in [4.69, 9.17) is 21.9 Å². The number of esters is 2. The van der Waals surface area contributed by atoms with Gasteiger partial charge in [-0.2, -0.15) is 0 Å². The number of hydrogen-bond acceptors (Lipinski definition) is 13. The molecule has 0 saturated carbocycles. The van der Waals surface area contributed by atoms with E-state index in [-0.39, 0.29) is 41.9 Å². The van der Waals surface area contributed by atoms with Gasteiger partial charge in [0.2, 0.25) is 0 Å². The minimum atomic E-state index is -1.44. The summed E-state index contributed by atoms with van der Waals surface area (Å²) in [7, 11) is 0. The Morgan fingerprint density at radius 1 is 0.788 bits per heavy atom. The fraction of sp³-hybridized carbons (Fsp3) is 0.605. The molecular weight excluding hydrogens is 715 g/mol. The Kier molecular flexibility index (Phi) is 22.7. The first-order valence-corrected chi connectivity index (χ1v) is 19.1. The van der Waals surface area contributed by atoms with Crippen molar-refractivity contribution in [3.05, 3.63) is 58.7 Å². The molecular formula is C38H56MnN2O11. The monoisotopic (exact) mass is 771 g/mol. The summed E-state index contributed by atoms with van der Waals surface area (Å²) in [6.07, 6.45) is 8.08. The van der Waals surface area contributed by atoms with Crippen molar-refractivity contribution in [1.82, 2.24) is 9.80 Å². The molecule has 14 heteroatoms. The van der Waals surface area contributed by atoms with Gasteiger partial charge in [0.25, 0.3) is 0 Å². The molecule has 0 spiro atoms. The number of hydrogen-bond donors (Lipinski definition) is 3. The average Bonchev–Trinajstić information content (AvgIpc) is 3.75. The van der Waals surface area contributed by atoms with E-state index in [9.17, 15) is 29.7 Å². The van der Waals surface area contributed by atoms with E-state index < -0.39 is 14.8 Å². The number of benzene rings is 2. The van der Waals surface area contributed by atoms with Crippen LogP contribution in [0, 0.1) is 11.8 Å². The molecule has 0 aliphatic carbocycles. The summed E-state index contributed by atoms with van der Waals surface area (Å²) >= 11 is -1.44. The Morgan fingerprint density at radius 3 is 1.63 bits per heavy atom. The Hall–Kier alpha value is -3.39. The Balaban J connectivity index is 0.000000297. The third-order valence-electron chi connectivity index (χ3n) is 9.33. The molecule has 2 aromatic rings. The molecule has 3 saturated heterocycles. The maximum atomic E-state index is 11.7. The zero-order valence-corrected chi connectivity index (χ0v) is 31.7. The number of carbonyl (C=O) groups excluding carboxylic acids is 3. The molecule has 3 fully saturated rings. The second kappa shape index (κ2) is 26.4. The predicted octanol–water partition coefficient (Wildman–Crippen LogP) is 4.28. The zero-order chi connectivity index (χ0) is 38.1. The second-order valence-electron chi connectivity index (χ2n) is 12.7. The standard InChI is InChI=1S/C17H25NO4.C17H23NO4.C4H8O.Mn.2O/c2*1-2-22-17(21)14-7-10-18(11-8-14)9-6-13-4-3-5-16(20)15(13)12-19;1-2-4-5-3-1;;;/h3-5,14,19-20H,2,6-12H2,1H3;3-5,12,14,20H,2,6-11H2,1H3;1-4H2;;;. The molecule has 3 aliphatic rings. The topological polar surface area (TPSA) is 180 Å². The van der Waals surface area contributed by atoms with Crippen molar-refractivity contribution in [1.29, 1.82) is 0 Å². The van der Waals surface area contributed by atoms with Gasteiger partial charge in [0.15, 0.2) is 6.29 Å². The number of aromatic hydroxyl groups is 2. The summed E-state index contributed by atoms with van der Waals surface area (Å²) in [6.45, 7) is 11.6. The van der Waals surface area contributed by atoms with Crippen LogP contribution in [0.15, 0.2) is 36.4 Å². The molecule has 3 aliphatic heterocycles. The first-order valence-electron chi connectivity index (χ1n) is 18.1. The van der Waals surface area contributed by atoms with E-state index in [0.717, 1.165) is 95.7 Å². The minimum absolute atomic E-state index is 0.0162. The van der Waals surface area contributed by atoms with Gasteiger partial charge in [-0.3, -0.25) is 14.4 Å². The molecule has 5 rings (SSSR count). The Morgan fingerprint density at radius 2 is 1.23 bits per heavy atom. The second-order valence-corrected chi connectivity index (χ2v) is 12.9. The van der Waals surface area contributed by atoms with Crippen LogP contribution < -0.4 is 0 Å². The van der Waals surface area contributed by atoms with E-state index >= 15 is 0 Å². The van der Waals surface area contributed by atoms with Crippen molar-refractivity contribution in [2.24, 2.45) is 11.8 Å². The molecule has 52 heavy (non-hydrogen) atoms. The molecule has 291 valence electrons. The van der Waals surface area contributed by atoms with Crippen molar-refractivity contribution in [3.8, 4) is 11.5 Å². The van der Waals surface area contributed by atoms with Crippen LogP contribution in [0.5, 0.6) is 11.5 Å². The number of ether oxygens (including phenoxy) is 3. The molecule has 0 bridgehead atoms.